The Morgan fingerprint density at radius 3 is 2.31 bits per heavy atom. The first-order chi connectivity index (χ1) is 13.8. The monoisotopic (exact) mass is 430 g/mol. The van der Waals surface area contributed by atoms with Crippen molar-refractivity contribution in [3.8, 4) is 17.0 Å². The molecule has 0 atom stereocenters. The van der Waals surface area contributed by atoms with Gasteiger partial charge in [-0.25, -0.2) is 13.4 Å². The van der Waals surface area contributed by atoms with Gasteiger partial charge >= 0.3 is 0 Å². The van der Waals surface area contributed by atoms with E-state index >= 15 is 0 Å². The summed E-state index contributed by atoms with van der Waals surface area (Å²) in [7, 11) is -3.29. The molecule has 0 radical (unpaired) electrons. The van der Waals surface area contributed by atoms with Crippen LogP contribution in [-0.2, 0) is 9.84 Å². The number of carbonyl (C=O) groups is 1. The fourth-order valence-corrected chi connectivity index (χ4v) is 4.46. The van der Waals surface area contributed by atoms with Crippen LogP contribution in [0.3, 0.4) is 0 Å². The minimum Gasteiger partial charge on any atom is -0.494 e. The van der Waals surface area contributed by atoms with Crippen molar-refractivity contribution in [3.05, 3.63) is 59.0 Å². The number of ether oxygens (including phenoxy) is 1. The number of aryl methyl sites for hydroxylation is 1. The van der Waals surface area contributed by atoms with Gasteiger partial charge in [-0.15, -0.1) is 11.3 Å². The van der Waals surface area contributed by atoms with Gasteiger partial charge < -0.3 is 4.74 Å². The van der Waals surface area contributed by atoms with Crippen LogP contribution in [-0.4, -0.2) is 31.7 Å². The van der Waals surface area contributed by atoms with Crippen molar-refractivity contribution in [2.24, 2.45) is 0 Å². The smallest absolute Gasteiger partial charge is 0.257 e. The van der Waals surface area contributed by atoms with E-state index in [4.69, 9.17) is 4.74 Å². The molecule has 152 valence electrons. The molecule has 0 aliphatic carbocycles. The topological polar surface area (TPSA) is 85.4 Å². The van der Waals surface area contributed by atoms with E-state index in [0.717, 1.165) is 21.9 Å². The molecular weight excluding hydrogens is 408 g/mol. The fraction of sp³-hybridized carbons (Fsp3) is 0.238. The van der Waals surface area contributed by atoms with Crippen LogP contribution < -0.4 is 10.1 Å². The molecular formula is C21H22N2O4S2. The highest BCUT2D eigenvalue weighted by Crippen LogP contribution is 2.31. The second-order valence-electron chi connectivity index (χ2n) is 6.26. The number of aromatic nitrogens is 1. The average Bonchev–Trinajstić information content (AvgIpc) is 3.09. The van der Waals surface area contributed by atoms with Gasteiger partial charge in [0.1, 0.15) is 5.75 Å². The number of hydrogen-bond donors (Lipinski definition) is 1. The second kappa shape index (κ2) is 8.75. The van der Waals surface area contributed by atoms with Gasteiger partial charge in [0.25, 0.3) is 5.91 Å². The van der Waals surface area contributed by atoms with E-state index in [2.05, 4.69) is 10.3 Å². The summed E-state index contributed by atoms with van der Waals surface area (Å²) in [5.41, 5.74) is 2.12. The van der Waals surface area contributed by atoms with Gasteiger partial charge in [-0.05, 0) is 62.4 Å². The van der Waals surface area contributed by atoms with E-state index < -0.39 is 9.84 Å². The molecule has 2 aromatic carbocycles. The Morgan fingerprint density at radius 1 is 1.07 bits per heavy atom. The van der Waals surface area contributed by atoms with Crippen LogP contribution >= 0.6 is 11.3 Å². The van der Waals surface area contributed by atoms with Crippen molar-refractivity contribution in [1.29, 1.82) is 0 Å². The Labute approximate surface area is 174 Å². The maximum absolute atomic E-state index is 12.5. The largest absolute Gasteiger partial charge is 0.494 e. The quantitative estimate of drug-likeness (QED) is 0.594. The van der Waals surface area contributed by atoms with Crippen molar-refractivity contribution < 1.29 is 17.9 Å². The zero-order valence-corrected chi connectivity index (χ0v) is 18.1. The Morgan fingerprint density at radius 2 is 1.72 bits per heavy atom. The van der Waals surface area contributed by atoms with Gasteiger partial charge in [-0.3, -0.25) is 10.1 Å². The van der Waals surface area contributed by atoms with Crippen LogP contribution in [0.25, 0.3) is 11.3 Å². The normalized spacial score (nSPS) is 11.3. The molecule has 0 unspecified atom stereocenters. The van der Waals surface area contributed by atoms with Crippen molar-refractivity contribution in [3.63, 3.8) is 0 Å². The summed E-state index contributed by atoms with van der Waals surface area (Å²) in [6.45, 7) is 6.08. The van der Waals surface area contributed by atoms with Crippen LogP contribution in [0, 0.1) is 6.92 Å². The van der Waals surface area contributed by atoms with Gasteiger partial charge in [0.2, 0.25) is 0 Å². The molecule has 3 aromatic rings. The average molecular weight is 431 g/mol. The predicted molar refractivity (Wildman–Crippen MR) is 116 cm³/mol. The highest BCUT2D eigenvalue weighted by Gasteiger charge is 2.15. The van der Waals surface area contributed by atoms with Crippen LogP contribution in [0.2, 0.25) is 0 Å². The van der Waals surface area contributed by atoms with Crippen molar-refractivity contribution in [1.82, 2.24) is 4.98 Å². The van der Waals surface area contributed by atoms with E-state index in [0.29, 0.717) is 17.3 Å². The number of nitrogens with one attached hydrogen (secondary N) is 1. The number of amides is 1. The lowest BCUT2D eigenvalue weighted by Gasteiger charge is -2.05. The molecule has 0 saturated heterocycles. The lowest BCUT2D eigenvalue weighted by Crippen LogP contribution is -2.12. The first-order valence-electron chi connectivity index (χ1n) is 9.19. The molecule has 0 aliphatic rings. The highest BCUT2D eigenvalue weighted by atomic mass is 32.2. The summed E-state index contributed by atoms with van der Waals surface area (Å²) in [4.78, 5) is 18.2. The molecule has 6 nitrogen and oxygen atoms in total. The lowest BCUT2D eigenvalue weighted by molar-refractivity contribution is 0.102. The zero-order valence-electron chi connectivity index (χ0n) is 16.4. The van der Waals surface area contributed by atoms with Crippen LogP contribution in [0.5, 0.6) is 5.75 Å². The van der Waals surface area contributed by atoms with Crippen LogP contribution in [0.4, 0.5) is 5.13 Å². The maximum Gasteiger partial charge on any atom is 0.257 e. The number of carbonyl (C=O) groups excluding carboxylic acids is 1. The Bertz CT molecular complexity index is 1100. The molecule has 1 amide bonds. The van der Waals surface area contributed by atoms with E-state index in [9.17, 15) is 13.2 Å². The zero-order chi connectivity index (χ0) is 21.0. The lowest BCUT2D eigenvalue weighted by atomic mass is 10.1. The molecule has 0 saturated carbocycles. The Hall–Kier alpha value is -2.71. The van der Waals surface area contributed by atoms with E-state index in [-0.39, 0.29) is 16.6 Å². The number of anilines is 1. The van der Waals surface area contributed by atoms with Gasteiger partial charge in [0, 0.05) is 16.0 Å². The van der Waals surface area contributed by atoms with Crippen LogP contribution in [0.15, 0.2) is 53.4 Å². The summed E-state index contributed by atoms with van der Waals surface area (Å²) >= 11 is 1.39. The molecule has 3 rings (SSSR count). The molecule has 29 heavy (non-hydrogen) atoms. The van der Waals surface area contributed by atoms with Crippen molar-refractivity contribution in [2.75, 3.05) is 17.7 Å². The van der Waals surface area contributed by atoms with Crippen molar-refractivity contribution >= 4 is 32.2 Å². The van der Waals surface area contributed by atoms with Gasteiger partial charge in [-0.1, -0.05) is 6.92 Å². The summed E-state index contributed by atoms with van der Waals surface area (Å²) in [6.07, 6.45) is 0. The maximum atomic E-state index is 12.5. The first-order valence-corrected chi connectivity index (χ1v) is 11.7. The molecule has 0 aliphatic heterocycles. The number of thiazole rings is 1. The summed E-state index contributed by atoms with van der Waals surface area (Å²) in [6, 6.07) is 13.6. The number of nitrogens with zero attached hydrogens (tertiary/aromatic N) is 1. The third-order valence-corrected chi connectivity index (χ3v) is 6.95. The standard InChI is InChI=1S/C21H22N2O4S2/c1-4-27-17-10-6-15(7-11-17)19-14(3)28-21(22-19)23-20(24)16-8-12-18(13-9-16)29(25,26)5-2/h6-13H,4-5H2,1-3H3,(H,22,23,24). The van der Waals surface area contributed by atoms with E-state index in [1.807, 2.05) is 38.1 Å². The summed E-state index contributed by atoms with van der Waals surface area (Å²) in [5.74, 6) is 0.481. The van der Waals surface area contributed by atoms with Gasteiger partial charge in [0.15, 0.2) is 15.0 Å². The number of rotatable bonds is 7. The van der Waals surface area contributed by atoms with Crippen LogP contribution in [0.1, 0.15) is 29.1 Å². The SMILES string of the molecule is CCOc1ccc(-c2nc(NC(=O)c3ccc(S(=O)(=O)CC)cc3)sc2C)cc1. The number of benzene rings is 2. The van der Waals surface area contributed by atoms with E-state index in [1.54, 1.807) is 6.92 Å². The third-order valence-electron chi connectivity index (χ3n) is 4.31. The Kier molecular flexibility index (Phi) is 6.34. The summed E-state index contributed by atoms with van der Waals surface area (Å²) < 4.78 is 29.2. The molecule has 1 heterocycles. The molecule has 0 spiro atoms. The third kappa shape index (κ3) is 4.83. The van der Waals surface area contributed by atoms with Crippen molar-refractivity contribution in [2.45, 2.75) is 25.7 Å². The summed E-state index contributed by atoms with van der Waals surface area (Å²) in [5, 5.41) is 3.28. The number of sulfone groups is 1. The minimum atomic E-state index is -3.29. The molecule has 0 fully saturated rings. The van der Waals surface area contributed by atoms with E-state index in [1.165, 1.54) is 35.6 Å². The fourth-order valence-electron chi connectivity index (χ4n) is 2.74. The molecule has 0 bridgehead atoms. The minimum absolute atomic E-state index is 0.0191. The number of hydrogen-bond acceptors (Lipinski definition) is 6. The Balaban J connectivity index is 1.75. The van der Waals surface area contributed by atoms with Gasteiger partial charge in [0.05, 0.1) is 22.9 Å². The molecule has 1 aromatic heterocycles. The second-order valence-corrected chi connectivity index (χ2v) is 9.74. The predicted octanol–water partition coefficient (Wildman–Crippen LogP) is 4.56. The molecule has 1 N–H and O–H groups in total. The van der Waals surface area contributed by atoms with Gasteiger partial charge in [-0.2, -0.15) is 0 Å². The first kappa shape index (κ1) is 21.0. The highest BCUT2D eigenvalue weighted by molar-refractivity contribution is 7.91. The molecule has 8 heteroatoms.